The predicted octanol–water partition coefficient (Wildman–Crippen LogP) is 3.26. The van der Waals surface area contributed by atoms with E-state index >= 15 is 0 Å². The first-order chi connectivity index (χ1) is 13.4. The lowest BCUT2D eigenvalue weighted by molar-refractivity contribution is -0.119. The number of hydrogen-bond acceptors (Lipinski definition) is 3. The minimum absolute atomic E-state index is 0. The maximum absolute atomic E-state index is 14.0. The van der Waals surface area contributed by atoms with Gasteiger partial charge in [-0.1, -0.05) is 18.2 Å². The highest BCUT2D eigenvalue weighted by Crippen LogP contribution is 2.18. The molecule has 0 aliphatic carbocycles. The summed E-state index contributed by atoms with van der Waals surface area (Å²) in [5.41, 5.74) is 6.28. The van der Waals surface area contributed by atoms with Gasteiger partial charge in [0.05, 0.1) is 12.6 Å². The van der Waals surface area contributed by atoms with E-state index in [1.807, 2.05) is 13.0 Å². The third kappa shape index (κ3) is 8.22. The van der Waals surface area contributed by atoms with Crippen molar-refractivity contribution in [2.24, 2.45) is 10.7 Å². The van der Waals surface area contributed by atoms with Crippen molar-refractivity contribution in [3.05, 3.63) is 65.2 Å². The largest absolute Gasteiger partial charge is 0.484 e. The number of nitrogens with one attached hydrogen (secondary N) is 2. The molecule has 2 aromatic carbocycles. The number of rotatable bonds is 8. The smallest absolute Gasteiger partial charge is 0.255 e. The Bertz CT molecular complexity index is 849. The van der Waals surface area contributed by atoms with Crippen LogP contribution < -0.4 is 21.1 Å². The minimum atomic E-state index is -0.618. The van der Waals surface area contributed by atoms with Crippen molar-refractivity contribution in [3.63, 3.8) is 0 Å². The highest BCUT2D eigenvalue weighted by Gasteiger charge is 2.13. The van der Waals surface area contributed by atoms with Gasteiger partial charge in [-0.3, -0.25) is 4.79 Å². The Hall–Kier alpha value is -2.43. The second kappa shape index (κ2) is 12.2. The predicted molar refractivity (Wildman–Crippen MR) is 119 cm³/mol. The fourth-order valence-corrected chi connectivity index (χ4v) is 2.51. The molecule has 9 heteroatoms. The van der Waals surface area contributed by atoms with Gasteiger partial charge in [0.2, 0.25) is 0 Å². The molecular formula is C20H25F2IN4O2. The molecule has 4 N–H and O–H groups in total. The third-order valence-corrected chi connectivity index (χ3v) is 3.83. The lowest BCUT2D eigenvalue weighted by Gasteiger charge is -2.18. The number of benzene rings is 2. The molecule has 1 atom stereocenters. The van der Waals surface area contributed by atoms with Gasteiger partial charge in [-0.05, 0) is 37.6 Å². The molecule has 2 aromatic rings. The van der Waals surface area contributed by atoms with E-state index in [4.69, 9.17) is 10.5 Å². The van der Waals surface area contributed by atoms with Crippen molar-refractivity contribution in [2.75, 3.05) is 13.2 Å². The minimum Gasteiger partial charge on any atom is -0.484 e. The van der Waals surface area contributed by atoms with E-state index in [0.29, 0.717) is 30.4 Å². The number of ether oxygens (including phenoxy) is 1. The summed E-state index contributed by atoms with van der Waals surface area (Å²) >= 11 is 0. The van der Waals surface area contributed by atoms with Crippen molar-refractivity contribution >= 4 is 35.8 Å². The van der Waals surface area contributed by atoms with Gasteiger partial charge >= 0.3 is 0 Å². The SMILES string of the molecule is CCNC(=NCc1cccc(OCC(N)=O)c1)NC(C)c1ccc(F)cc1F.I. The van der Waals surface area contributed by atoms with Crippen molar-refractivity contribution in [1.82, 2.24) is 10.6 Å². The second-order valence-corrected chi connectivity index (χ2v) is 6.13. The molecular weight excluding hydrogens is 493 g/mol. The number of halogens is 3. The van der Waals surface area contributed by atoms with Crippen LogP contribution in [0.15, 0.2) is 47.5 Å². The van der Waals surface area contributed by atoms with Gasteiger partial charge in [-0.2, -0.15) is 0 Å². The molecule has 0 aliphatic heterocycles. The van der Waals surface area contributed by atoms with Crippen LogP contribution in [0.1, 0.15) is 31.0 Å². The topological polar surface area (TPSA) is 88.7 Å². The molecule has 158 valence electrons. The molecule has 0 saturated heterocycles. The van der Waals surface area contributed by atoms with Gasteiger partial charge in [0, 0.05) is 18.2 Å². The lowest BCUT2D eigenvalue weighted by Crippen LogP contribution is -2.39. The third-order valence-electron chi connectivity index (χ3n) is 3.83. The average molecular weight is 518 g/mol. The summed E-state index contributed by atoms with van der Waals surface area (Å²) in [5, 5.41) is 6.19. The van der Waals surface area contributed by atoms with Crippen molar-refractivity contribution in [1.29, 1.82) is 0 Å². The Kier molecular flexibility index (Phi) is 10.4. The van der Waals surface area contributed by atoms with Gasteiger partial charge in [0.25, 0.3) is 5.91 Å². The van der Waals surface area contributed by atoms with E-state index < -0.39 is 23.6 Å². The Morgan fingerprint density at radius 3 is 2.66 bits per heavy atom. The highest BCUT2D eigenvalue weighted by molar-refractivity contribution is 14.0. The van der Waals surface area contributed by atoms with Crippen LogP contribution in [0.5, 0.6) is 5.75 Å². The summed E-state index contributed by atoms with van der Waals surface area (Å²) in [5.74, 6) is -0.778. The fourth-order valence-electron chi connectivity index (χ4n) is 2.51. The number of guanidine groups is 1. The van der Waals surface area contributed by atoms with Gasteiger partial charge in [0.1, 0.15) is 17.4 Å². The van der Waals surface area contributed by atoms with Gasteiger partial charge in [0.15, 0.2) is 12.6 Å². The number of hydrogen-bond donors (Lipinski definition) is 3. The molecule has 0 bridgehead atoms. The van der Waals surface area contributed by atoms with Crippen LogP contribution in [0, 0.1) is 11.6 Å². The van der Waals surface area contributed by atoms with Crippen LogP contribution in [-0.2, 0) is 11.3 Å². The fraction of sp³-hybridized carbons (Fsp3) is 0.300. The number of primary amides is 1. The van der Waals surface area contributed by atoms with Crippen LogP contribution in [0.3, 0.4) is 0 Å². The second-order valence-electron chi connectivity index (χ2n) is 6.13. The number of aliphatic imine (C=N–C) groups is 1. The average Bonchev–Trinajstić information content (AvgIpc) is 2.65. The number of carbonyl (C=O) groups is 1. The van der Waals surface area contributed by atoms with Crippen molar-refractivity contribution in [2.45, 2.75) is 26.4 Å². The molecule has 0 fully saturated rings. The zero-order chi connectivity index (χ0) is 20.5. The van der Waals surface area contributed by atoms with E-state index in [9.17, 15) is 13.6 Å². The molecule has 1 unspecified atom stereocenters. The van der Waals surface area contributed by atoms with Crippen LogP contribution in [0.2, 0.25) is 0 Å². The van der Waals surface area contributed by atoms with E-state index in [-0.39, 0.29) is 30.6 Å². The first kappa shape index (κ1) is 24.6. The van der Waals surface area contributed by atoms with Crippen LogP contribution in [0.4, 0.5) is 8.78 Å². The molecule has 1 amide bonds. The summed E-state index contributed by atoms with van der Waals surface area (Å²) < 4.78 is 32.4. The maximum Gasteiger partial charge on any atom is 0.255 e. The molecule has 0 spiro atoms. The summed E-state index contributed by atoms with van der Waals surface area (Å²) in [6.07, 6.45) is 0. The van der Waals surface area contributed by atoms with E-state index in [2.05, 4.69) is 15.6 Å². The lowest BCUT2D eigenvalue weighted by atomic mass is 10.1. The summed E-state index contributed by atoms with van der Waals surface area (Å²) in [7, 11) is 0. The number of carbonyl (C=O) groups excluding carboxylic acids is 1. The molecule has 29 heavy (non-hydrogen) atoms. The highest BCUT2D eigenvalue weighted by atomic mass is 127. The monoisotopic (exact) mass is 518 g/mol. The summed E-state index contributed by atoms with van der Waals surface area (Å²) in [4.78, 5) is 15.3. The number of amides is 1. The number of nitrogens with zero attached hydrogens (tertiary/aromatic N) is 1. The zero-order valence-corrected chi connectivity index (χ0v) is 18.6. The van der Waals surface area contributed by atoms with Gasteiger partial charge < -0.3 is 21.1 Å². The quantitative estimate of drug-likeness (QED) is 0.285. The van der Waals surface area contributed by atoms with Crippen molar-refractivity contribution < 1.29 is 18.3 Å². The number of nitrogens with two attached hydrogens (primary N) is 1. The molecule has 0 saturated carbocycles. The van der Waals surface area contributed by atoms with E-state index in [0.717, 1.165) is 11.6 Å². The molecule has 0 radical (unpaired) electrons. The summed E-state index contributed by atoms with van der Waals surface area (Å²) in [6.45, 7) is 4.44. The molecule has 6 nitrogen and oxygen atoms in total. The van der Waals surface area contributed by atoms with Crippen LogP contribution in [-0.4, -0.2) is 25.0 Å². The Morgan fingerprint density at radius 2 is 2.00 bits per heavy atom. The Labute approximate surface area is 185 Å². The van der Waals surface area contributed by atoms with Gasteiger partial charge in [-0.25, -0.2) is 13.8 Å². The van der Waals surface area contributed by atoms with E-state index in [1.165, 1.54) is 12.1 Å². The van der Waals surface area contributed by atoms with E-state index in [1.54, 1.807) is 25.1 Å². The van der Waals surface area contributed by atoms with Crippen LogP contribution >= 0.6 is 24.0 Å². The standard InChI is InChI=1S/C20H24F2N4O2.HI/c1-3-24-20(26-13(2)17-8-7-15(21)10-18(17)22)25-11-14-5-4-6-16(9-14)28-12-19(23)27;/h4-10,13H,3,11-12H2,1-2H3,(H2,23,27)(H2,24,25,26);1H. The first-order valence-corrected chi connectivity index (χ1v) is 8.89. The Balaban J connectivity index is 0.00000420. The van der Waals surface area contributed by atoms with Gasteiger partial charge in [-0.15, -0.1) is 24.0 Å². The zero-order valence-electron chi connectivity index (χ0n) is 16.2. The normalized spacial score (nSPS) is 11.9. The molecule has 2 rings (SSSR count). The summed E-state index contributed by atoms with van der Waals surface area (Å²) in [6, 6.07) is 10.2. The molecule has 0 heterocycles. The molecule has 0 aromatic heterocycles. The maximum atomic E-state index is 14.0. The van der Waals surface area contributed by atoms with Crippen molar-refractivity contribution in [3.8, 4) is 5.75 Å². The molecule has 0 aliphatic rings. The Morgan fingerprint density at radius 1 is 1.24 bits per heavy atom. The van der Waals surface area contributed by atoms with Crippen LogP contribution in [0.25, 0.3) is 0 Å². The first-order valence-electron chi connectivity index (χ1n) is 8.89.